The van der Waals surface area contributed by atoms with Gasteiger partial charge in [-0.3, -0.25) is 9.69 Å². The van der Waals surface area contributed by atoms with E-state index in [1.54, 1.807) is 11.8 Å². The van der Waals surface area contributed by atoms with Crippen LogP contribution in [0.25, 0.3) is 0 Å². The summed E-state index contributed by atoms with van der Waals surface area (Å²) < 4.78 is 0. The molecule has 1 N–H and O–H groups in total. The molecule has 1 amide bonds. The molecule has 1 atom stereocenters. The number of nitrogens with one attached hydrogen (secondary N) is 1. The molecule has 0 saturated heterocycles. The monoisotopic (exact) mass is 326 g/mol. The van der Waals surface area contributed by atoms with Crippen LogP contribution in [-0.4, -0.2) is 30.7 Å². The van der Waals surface area contributed by atoms with E-state index in [0.717, 1.165) is 18.5 Å². The number of aryl methyl sites for hydroxylation is 1. The van der Waals surface area contributed by atoms with Crippen LogP contribution in [0.4, 0.5) is 5.69 Å². The first kappa shape index (κ1) is 16.1. The molecule has 4 heteroatoms. The second-order valence-electron chi connectivity index (χ2n) is 5.95. The first-order valence-corrected chi connectivity index (χ1v) is 9.12. The predicted octanol–water partition coefficient (Wildman–Crippen LogP) is 3.97. The Hall–Kier alpha value is -1.78. The Bertz CT molecular complexity index is 684. The number of benzene rings is 2. The Morgan fingerprint density at radius 3 is 2.70 bits per heavy atom. The minimum absolute atomic E-state index is 0.0359. The summed E-state index contributed by atoms with van der Waals surface area (Å²) in [6, 6.07) is 16.8. The summed E-state index contributed by atoms with van der Waals surface area (Å²) in [6.45, 7) is 0.406. The van der Waals surface area contributed by atoms with Gasteiger partial charge in [-0.15, -0.1) is 11.8 Å². The summed E-state index contributed by atoms with van der Waals surface area (Å²) in [6.07, 6.45) is 4.23. The van der Waals surface area contributed by atoms with E-state index in [4.69, 9.17) is 0 Å². The highest BCUT2D eigenvalue weighted by atomic mass is 32.2. The highest BCUT2D eigenvalue weighted by Gasteiger charge is 2.26. The molecule has 0 aromatic heterocycles. The molecule has 3 rings (SSSR count). The molecule has 0 bridgehead atoms. The van der Waals surface area contributed by atoms with Gasteiger partial charge in [0, 0.05) is 16.6 Å². The Kier molecular flexibility index (Phi) is 5.03. The van der Waals surface area contributed by atoms with E-state index < -0.39 is 0 Å². The SMILES string of the molecule is CSc1ccc(NC(=O)CN(C)[C@H]2CCc3ccccc32)cc1. The van der Waals surface area contributed by atoms with Crippen LogP contribution in [-0.2, 0) is 11.2 Å². The van der Waals surface area contributed by atoms with Crippen LogP contribution in [0.1, 0.15) is 23.6 Å². The molecule has 0 heterocycles. The zero-order valence-electron chi connectivity index (χ0n) is 13.6. The van der Waals surface area contributed by atoms with E-state index in [0.29, 0.717) is 12.6 Å². The number of anilines is 1. The standard InChI is InChI=1S/C19H22N2OS/c1-21(18-12-7-14-5-3-4-6-17(14)18)13-19(22)20-15-8-10-16(23-2)11-9-15/h3-6,8-11,18H,7,12-13H2,1-2H3,(H,20,22)/t18-/m0/s1. The zero-order chi connectivity index (χ0) is 16.2. The number of thioether (sulfide) groups is 1. The number of nitrogens with zero attached hydrogens (tertiary/aromatic N) is 1. The molecular formula is C19H22N2OS. The largest absolute Gasteiger partial charge is 0.325 e. The van der Waals surface area contributed by atoms with Gasteiger partial charge >= 0.3 is 0 Å². The lowest BCUT2D eigenvalue weighted by Gasteiger charge is -2.24. The minimum Gasteiger partial charge on any atom is -0.325 e. The summed E-state index contributed by atoms with van der Waals surface area (Å²) in [5, 5.41) is 2.98. The van der Waals surface area contributed by atoms with Crippen LogP contribution in [0, 0.1) is 0 Å². The van der Waals surface area contributed by atoms with Crippen molar-refractivity contribution in [3.8, 4) is 0 Å². The summed E-state index contributed by atoms with van der Waals surface area (Å²) in [5.74, 6) is 0.0359. The first-order chi connectivity index (χ1) is 11.2. The van der Waals surface area contributed by atoms with Crippen molar-refractivity contribution in [1.82, 2.24) is 4.90 Å². The van der Waals surface area contributed by atoms with Gasteiger partial charge in [-0.05, 0) is 61.5 Å². The van der Waals surface area contributed by atoms with Gasteiger partial charge in [0.1, 0.15) is 0 Å². The van der Waals surface area contributed by atoms with Gasteiger partial charge in [-0.1, -0.05) is 24.3 Å². The second-order valence-corrected chi connectivity index (χ2v) is 6.82. The third kappa shape index (κ3) is 3.77. The predicted molar refractivity (Wildman–Crippen MR) is 97.0 cm³/mol. The topological polar surface area (TPSA) is 32.3 Å². The maximum Gasteiger partial charge on any atom is 0.238 e. The first-order valence-electron chi connectivity index (χ1n) is 7.89. The van der Waals surface area contributed by atoms with Gasteiger partial charge in [-0.2, -0.15) is 0 Å². The maximum absolute atomic E-state index is 12.3. The van der Waals surface area contributed by atoms with E-state index in [1.165, 1.54) is 16.0 Å². The van der Waals surface area contributed by atoms with Crippen molar-refractivity contribution in [1.29, 1.82) is 0 Å². The molecule has 0 radical (unpaired) electrons. The molecule has 1 aliphatic carbocycles. The van der Waals surface area contributed by atoms with Gasteiger partial charge in [0.2, 0.25) is 5.91 Å². The van der Waals surface area contributed by atoms with Crippen molar-refractivity contribution in [2.45, 2.75) is 23.8 Å². The Morgan fingerprint density at radius 1 is 1.22 bits per heavy atom. The van der Waals surface area contributed by atoms with Crippen molar-refractivity contribution in [2.75, 3.05) is 25.2 Å². The molecule has 0 spiro atoms. The number of fused-ring (bicyclic) bond motifs is 1. The number of amides is 1. The van der Waals surface area contributed by atoms with Crippen LogP contribution in [0.15, 0.2) is 53.4 Å². The molecule has 120 valence electrons. The smallest absolute Gasteiger partial charge is 0.238 e. The van der Waals surface area contributed by atoms with E-state index >= 15 is 0 Å². The highest BCUT2D eigenvalue weighted by molar-refractivity contribution is 7.98. The van der Waals surface area contributed by atoms with E-state index in [9.17, 15) is 4.79 Å². The number of hydrogen-bond donors (Lipinski definition) is 1. The number of rotatable bonds is 5. The quantitative estimate of drug-likeness (QED) is 0.844. The van der Waals surface area contributed by atoms with Crippen LogP contribution >= 0.6 is 11.8 Å². The molecule has 0 fully saturated rings. The second kappa shape index (κ2) is 7.20. The summed E-state index contributed by atoms with van der Waals surface area (Å²) in [7, 11) is 2.03. The molecule has 0 saturated carbocycles. The van der Waals surface area contributed by atoms with Crippen LogP contribution in [0.2, 0.25) is 0 Å². The van der Waals surface area contributed by atoms with Crippen molar-refractivity contribution >= 4 is 23.4 Å². The Morgan fingerprint density at radius 2 is 1.96 bits per heavy atom. The lowest BCUT2D eigenvalue weighted by molar-refractivity contribution is -0.117. The third-order valence-corrected chi connectivity index (χ3v) is 5.14. The summed E-state index contributed by atoms with van der Waals surface area (Å²) in [5.41, 5.74) is 3.64. The molecule has 3 nitrogen and oxygen atoms in total. The normalized spacial score (nSPS) is 16.4. The molecular weight excluding hydrogens is 304 g/mol. The van der Waals surface area contributed by atoms with Crippen molar-refractivity contribution in [2.24, 2.45) is 0 Å². The average Bonchev–Trinajstić information content (AvgIpc) is 2.99. The maximum atomic E-state index is 12.3. The van der Waals surface area contributed by atoms with Crippen molar-refractivity contribution < 1.29 is 4.79 Å². The van der Waals surface area contributed by atoms with E-state index in [-0.39, 0.29) is 5.91 Å². The fourth-order valence-electron chi connectivity index (χ4n) is 3.20. The summed E-state index contributed by atoms with van der Waals surface area (Å²) in [4.78, 5) is 15.6. The van der Waals surface area contributed by atoms with Crippen LogP contribution in [0.5, 0.6) is 0 Å². The number of likely N-dealkylation sites (N-methyl/N-ethyl adjacent to an activating group) is 1. The van der Waals surface area contributed by atoms with Gasteiger partial charge < -0.3 is 5.32 Å². The molecule has 0 aliphatic heterocycles. The highest BCUT2D eigenvalue weighted by Crippen LogP contribution is 2.34. The minimum atomic E-state index is 0.0359. The molecule has 2 aromatic carbocycles. The average molecular weight is 326 g/mol. The van der Waals surface area contributed by atoms with E-state index in [2.05, 4.69) is 34.5 Å². The fourth-order valence-corrected chi connectivity index (χ4v) is 3.61. The van der Waals surface area contributed by atoms with Gasteiger partial charge in [0.05, 0.1) is 6.54 Å². The molecule has 2 aromatic rings. The molecule has 1 aliphatic rings. The Balaban J connectivity index is 1.59. The lowest BCUT2D eigenvalue weighted by Crippen LogP contribution is -2.32. The van der Waals surface area contributed by atoms with Crippen molar-refractivity contribution in [3.05, 3.63) is 59.7 Å². The molecule has 23 heavy (non-hydrogen) atoms. The number of hydrogen-bond acceptors (Lipinski definition) is 3. The van der Waals surface area contributed by atoms with Crippen LogP contribution in [0.3, 0.4) is 0 Å². The summed E-state index contributed by atoms with van der Waals surface area (Å²) >= 11 is 1.70. The fraction of sp³-hybridized carbons (Fsp3) is 0.316. The third-order valence-electron chi connectivity index (χ3n) is 4.40. The van der Waals surface area contributed by atoms with Gasteiger partial charge in [-0.25, -0.2) is 0 Å². The lowest BCUT2D eigenvalue weighted by atomic mass is 10.1. The van der Waals surface area contributed by atoms with Crippen molar-refractivity contribution in [3.63, 3.8) is 0 Å². The van der Waals surface area contributed by atoms with Crippen LogP contribution < -0.4 is 5.32 Å². The molecule has 0 unspecified atom stereocenters. The zero-order valence-corrected chi connectivity index (χ0v) is 14.4. The number of carbonyl (C=O) groups excluding carboxylic acids is 1. The van der Waals surface area contributed by atoms with E-state index in [1.807, 2.05) is 37.6 Å². The van der Waals surface area contributed by atoms with Gasteiger partial charge in [0.15, 0.2) is 0 Å². The number of carbonyl (C=O) groups is 1. The Labute approximate surface area is 142 Å². The van der Waals surface area contributed by atoms with Gasteiger partial charge in [0.25, 0.3) is 0 Å².